The van der Waals surface area contributed by atoms with Crippen LogP contribution in [0.2, 0.25) is 0 Å². The van der Waals surface area contributed by atoms with Gasteiger partial charge in [-0.05, 0) is 17.5 Å². The van der Waals surface area contributed by atoms with Gasteiger partial charge in [0, 0.05) is 10.8 Å². The predicted octanol–water partition coefficient (Wildman–Crippen LogP) is 3.81. The number of phenolic OH excluding ortho intramolecular Hbond substituents is 1. The Balaban J connectivity index is 2.42. The van der Waals surface area contributed by atoms with Crippen LogP contribution in [-0.4, -0.2) is 5.11 Å². The average Bonchev–Trinajstić information content (AvgIpc) is 2.47. The van der Waals surface area contributed by atoms with E-state index >= 15 is 0 Å². The fourth-order valence-corrected chi connectivity index (χ4v) is 2.69. The van der Waals surface area contributed by atoms with Crippen molar-refractivity contribution >= 4 is 32.5 Å². The monoisotopic (exact) mass is 262 g/mol. The molecule has 4 rings (SSSR count). The Hall–Kier alpha value is -2.81. The second-order valence-corrected chi connectivity index (χ2v) is 4.76. The summed E-state index contributed by atoms with van der Waals surface area (Å²) in [7, 11) is 0. The van der Waals surface area contributed by atoms with E-state index in [2.05, 4.69) is 0 Å². The van der Waals surface area contributed by atoms with Gasteiger partial charge in [-0.25, -0.2) is 4.79 Å². The Labute approximate surface area is 113 Å². The van der Waals surface area contributed by atoms with Gasteiger partial charge < -0.3 is 9.52 Å². The van der Waals surface area contributed by atoms with E-state index in [4.69, 9.17) is 4.42 Å². The number of hydrogen-bond acceptors (Lipinski definition) is 3. The lowest BCUT2D eigenvalue weighted by Gasteiger charge is -2.07. The van der Waals surface area contributed by atoms with E-state index in [1.807, 2.05) is 36.4 Å². The van der Waals surface area contributed by atoms with Gasteiger partial charge in [-0.3, -0.25) is 0 Å². The summed E-state index contributed by atoms with van der Waals surface area (Å²) in [6, 6.07) is 16.4. The van der Waals surface area contributed by atoms with Gasteiger partial charge in [0.25, 0.3) is 0 Å². The quantitative estimate of drug-likeness (QED) is 0.387. The minimum absolute atomic E-state index is 0.124. The molecule has 0 aliphatic rings. The van der Waals surface area contributed by atoms with Crippen LogP contribution in [-0.2, 0) is 0 Å². The lowest BCUT2D eigenvalue weighted by Crippen LogP contribution is -1.99. The summed E-state index contributed by atoms with van der Waals surface area (Å²) in [5.74, 6) is 0.124. The molecule has 1 N–H and O–H groups in total. The molecule has 96 valence electrons. The summed E-state index contributed by atoms with van der Waals surface area (Å²) in [6.45, 7) is 0. The van der Waals surface area contributed by atoms with Crippen molar-refractivity contribution in [2.24, 2.45) is 0 Å². The zero-order valence-corrected chi connectivity index (χ0v) is 10.5. The number of aromatic hydroxyl groups is 1. The zero-order valence-electron chi connectivity index (χ0n) is 10.5. The summed E-state index contributed by atoms with van der Waals surface area (Å²) >= 11 is 0. The van der Waals surface area contributed by atoms with Crippen LogP contribution < -0.4 is 5.63 Å². The van der Waals surface area contributed by atoms with Crippen LogP contribution in [0.1, 0.15) is 0 Å². The third kappa shape index (κ3) is 1.37. The van der Waals surface area contributed by atoms with E-state index in [9.17, 15) is 9.90 Å². The molecule has 0 aliphatic carbocycles. The van der Waals surface area contributed by atoms with Gasteiger partial charge in [-0.15, -0.1) is 0 Å². The summed E-state index contributed by atoms with van der Waals surface area (Å²) in [5, 5.41) is 13.7. The molecule has 0 fully saturated rings. The normalized spacial score (nSPS) is 11.4. The Morgan fingerprint density at radius 2 is 1.50 bits per heavy atom. The van der Waals surface area contributed by atoms with Crippen LogP contribution in [0.5, 0.6) is 5.75 Å². The molecule has 20 heavy (non-hydrogen) atoms. The fraction of sp³-hybridized carbons (Fsp3) is 0. The van der Waals surface area contributed by atoms with Gasteiger partial charge in [0.1, 0.15) is 5.75 Å². The van der Waals surface area contributed by atoms with Crippen molar-refractivity contribution in [3.05, 3.63) is 65.0 Å². The van der Waals surface area contributed by atoms with Crippen molar-refractivity contribution in [3.8, 4) is 5.75 Å². The molecule has 3 aromatic carbocycles. The van der Waals surface area contributed by atoms with Crippen molar-refractivity contribution in [1.29, 1.82) is 0 Å². The second kappa shape index (κ2) is 3.84. The standard InChI is InChI=1S/C17H10O3/c18-14-9-10-5-1-2-6-11(10)16-15(14)12-7-3-4-8-13(12)17(19)20-16/h1-9,18H. The second-order valence-electron chi connectivity index (χ2n) is 4.76. The minimum Gasteiger partial charge on any atom is -0.507 e. The molecular formula is C17H10O3. The highest BCUT2D eigenvalue weighted by atomic mass is 16.4. The Morgan fingerprint density at radius 1 is 0.850 bits per heavy atom. The Bertz CT molecular complexity index is 1030. The molecular weight excluding hydrogens is 252 g/mol. The van der Waals surface area contributed by atoms with Crippen LogP contribution in [0.3, 0.4) is 0 Å². The molecule has 3 nitrogen and oxygen atoms in total. The van der Waals surface area contributed by atoms with E-state index in [0.29, 0.717) is 21.7 Å². The van der Waals surface area contributed by atoms with E-state index < -0.39 is 0 Å². The third-order valence-electron chi connectivity index (χ3n) is 3.59. The van der Waals surface area contributed by atoms with Crippen LogP contribution in [0, 0.1) is 0 Å². The Morgan fingerprint density at radius 3 is 2.30 bits per heavy atom. The topological polar surface area (TPSA) is 50.4 Å². The maximum Gasteiger partial charge on any atom is 0.344 e. The first-order valence-corrected chi connectivity index (χ1v) is 6.32. The first kappa shape index (κ1) is 11.1. The summed E-state index contributed by atoms with van der Waals surface area (Å²) in [5.41, 5.74) is 0.0492. The molecule has 1 heterocycles. The van der Waals surface area contributed by atoms with E-state index in [1.165, 1.54) is 0 Å². The smallest absolute Gasteiger partial charge is 0.344 e. The highest BCUT2D eigenvalue weighted by Gasteiger charge is 2.13. The molecule has 0 amide bonds. The number of phenols is 1. The van der Waals surface area contributed by atoms with Gasteiger partial charge in [-0.1, -0.05) is 42.5 Å². The maximum absolute atomic E-state index is 12.1. The summed E-state index contributed by atoms with van der Waals surface area (Å²) in [4.78, 5) is 12.1. The minimum atomic E-state index is -0.385. The average molecular weight is 262 g/mol. The van der Waals surface area contributed by atoms with Crippen molar-refractivity contribution in [2.45, 2.75) is 0 Å². The summed E-state index contributed by atoms with van der Waals surface area (Å²) in [6.07, 6.45) is 0. The third-order valence-corrected chi connectivity index (χ3v) is 3.59. The number of benzene rings is 3. The molecule has 0 spiro atoms. The van der Waals surface area contributed by atoms with Gasteiger partial charge in [0.05, 0.1) is 10.8 Å². The van der Waals surface area contributed by atoms with Crippen molar-refractivity contribution in [3.63, 3.8) is 0 Å². The summed E-state index contributed by atoms with van der Waals surface area (Å²) < 4.78 is 5.45. The van der Waals surface area contributed by atoms with E-state index in [0.717, 1.165) is 10.8 Å². The van der Waals surface area contributed by atoms with Crippen LogP contribution in [0.4, 0.5) is 0 Å². The van der Waals surface area contributed by atoms with Crippen molar-refractivity contribution < 1.29 is 9.52 Å². The highest BCUT2D eigenvalue weighted by molar-refractivity contribution is 6.16. The largest absolute Gasteiger partial charge is 0.507 e. The fourth-order valence-electron chi connectivity index (χ4n) is 2.69. The molecule has 0 aliphatic heterocycles. The zero-order chi connectivity index (χ0) is 13.7. The lowest BCUT2D eigenvalue weighted by molar-refractivity contribution is 0.481. The molecule has 1 aromatic heterocycles. The molecule has 0 radical (unpaired) electrons. The number of hydrogen-bond donors (Lipinski definition) is 1. The Kier molecular flexibility index (Phi) is 2.12. The van der Waals surface area contributed by atoms with E-state index in [-0.39, 0.29) is 11.4 Å². The molecule has 0 saturated heterocycles. The number of rotatable bonds is 0. The van der Waals surface area contributed by atoms with Crippen molar-refractivity contribution in [1.82, 2.24) is 0 Å². The first-order valence-electron chi connectivity index (χ1n) is 6.32. The lowest BCUT2D eigenvalue weighted by atomic mass is 10.0. The van der Waals surface area contributed by atoms with Crippen LogP contribution in [0.25, 0.3) is 32.5 Å². The SMILES string of the molecule is O=c1oc2c3ccccc3cc(O)c2c2ccccc12. The van der Waals surface area contributed by atoms with Gasteiger partial charge in [0.15, 0.2) is 5.58 Å². The highest BCUT2D eigenvalue weighted by Crippen LogP contribution is 2.35. The van der Waals surface area contributed by atoms with Crippen LogP contribution in [0.15, 0.2) is 63.8 Å². The maximum atomic E-state index is 12.1. The van der Waals surface area contributed by atoms with Crippen molar-refractivity contribution in [2.75, 3.05) is 0 Å². The van der Waals surface area contributed by atoms with Gasteiger partial charge >= 0.3 is 5.63 Å². The molecule has 0 saturated carbocycles. The predicted molar refractivity (Wildman–Crippen MR) is 79.2 cm³/mol. The molecule has 0 unspecified atom stereocenters. The van der Waals surface area contributed by atoms with Gasteiger partial charge in [0.2, 0.25) is 0 Å². The van der Waals surface area contributed by atoms with E-state index in [1.54, 1.807) is 18.2 Å². The first-order chi connectivity index (χ1) is 9.75. The number of fused-ring (bicyclic) bond motifs is 5. The molecule has 0 atom stereocenters. The van der Waals surface area contributed by atoms with Gasteiger partial charge in [-0.2, -0.15) is 0 Å². The molecule has 3 heteroatoms. The van der Waals surface area contributed by atoms with Crippen LogP contribution >= 0.6 is 0 Å². The molecule has 4 aromatic rings. The molecule has 0 bridgehead atoms.